The van der Waals surface area contributed by atoms with Crippen molar-refractivity contribution in [2.45, 2.75) is 0 Å². The van der Waals surface area contributed by atoms with E-state index in [0.717, 1.165) is 11.1 Å². The molecule has 0 heterocycles. The molecule has 2 aromatic rings. The summed E-state index contributed by atoms with van der Waals surface area (Å²) in [4.78, 5) is 11.6. The number of ketones is 1. The van der Waals surface area contributed by atoms with E-state index in [0.29, 0.717) is 0 Å². The highest BCUT2D eigenvalue weighted by Gasteiger charge is 1.88. The fourth-order valence-corrected chi connectivity index (χ4v) is 1.68. The largest absolute Gasteiger partial charge is 0.290 e. The average Bonchev–Trinajstić information content (AvgIpc) is 2.52. The summed E-state index contributed by atoms with van der Waals surface area (Å²) >= 11 is 0. The van der Waals surface area contributed by atoms with Crippen LogP contribution in [0.5, 0.6) is 0 Å². The SMILES string of the molecule is O=C(/C=C/C=C/c1ccccc1)/C=C/c1ccccc1. The van der Waals surface area contributed by atoms with Gasteiger partial charge < -0.3 is 0 Å². The molecule has 0 aromatic heterocycles. The lowest BCUT2D eigenvalue weighted by molar-refractivity contribution is -0.110. The summed E-state index contributed by atoms with van der Waals surface area (Å²) < 4.78 is 0. The van der Waals surface area contributed by atoms with Crippen LogP contribution in [0.15, 0.2) is 85.0 Å². The van der Waals surface area contributed by atoms with Gasteiger partial charge in [0, 0.05) is 0 Å². The van der Waals surface area contributed by atoms with Crippen LogP contribution in [0, 0.1) is 0 Å². The van der Waals surface area contributed by atoms with Gasteiger partial charge in [0.1, 0.15) is 0 Å². The molecule has 0 saturated carbocycles. The molecule has 0 fully saturated rings. The van der Waals surface area contributed by atoms with Crippen LogP contribution in [-0.2, 0) is 4.79 Å². The summed E-state index contributed by atoms with van der Waals surface area (Å²) in [6.07, 6.45) is 10.5. The lowest BCUT2D eigenvalue weighted by Crippen LogP contribution is -1.83. The molecular weight excluding hydrogens is 244 g/mol. The van der Waals surface area contributed by atoms with Crippen LogP contribution in [0.4, 0.5) is 0 Å². The zero-order valence-electron chi connectivity index (χ0n) is 11.1. The molecule has 0 atom stereocenters. The minimum absolute atomic E-state index is 0.0217. The van der Waals surface area contributed by atoms with E-state index >= 15 is 0 Å². The molecule has 1 heteroatoms. The number of carbonyl (C=O) groups is 1. The van der Waals surface area contributed by atoms with Crippen molar-refractivity contribution in [1.29, 1.82) is 0 Å². The van der Waals surface area contributed by atoms with E-state index in [1.165, 1.54) is 0 Å². The number of hydrogen-bond donors (Lipinski definition) is 0. The van der Waals surface area contributed by atoms with Gasteiger partial charge in [-0.05, 0) is 23.3 Å². The molecule has 0 bridgehead atoms. The Hall–Kier alpha value is -2.67. The standard InChI is InChI=1S/C19H16O/c20-19(16-15-18-11-5-2-6-12-18)14-8-7-13-17-9-3-1-4-10-17/h1-16H/b13-7+,14-8+,16-15+. The molecule has 0 spiro atoms. The Bertz CT molecular complexity index is 619. The van der Waals surface area contributed by atoms with Gasteiger partial charge in [0.25, 0.3) is 0 Å². The topological polar surface area (TPSA) is 17.1 Å². The first-order valence-electron chi connectivity index (χ1n) is 6.51. The quantitative estimate of drug-likeness (QED) is 0.570. The van der Waals surface area contributed by atoms with Gasteiger partial charge in [-0.1, -0.05) is 85.0 Å². The highest BCUT2D eigenvalue weighted by Crippen LogP contribution is 2.02. The van der Waals surface area contributed by atoms with Crippen molar-refractivity contribution in [2.24, 2.45) is 0 Å². The zero-order chi connectivity index (χ0) is 14.0. The maximum absolute atomic E-state index is 11.6. The molecule has 0 unspecified atom stereocenters. The van der Waals surface area contributed by atoms with Crippen LogP contribution in [0.25, 0.3) is 12.2 Å². The summed E-state index contributed by atoms with van der Waals surface area (Å²) in [6, 6.07) is 19.7. The minimum atomic E-state index is -0.0217. The number of carbonyl (C=O) groups excluding carboxylic acids is 1. The van der Waals surface area contributed by atoms with Crippen molar-refractivity contribution in [2.75, 3.05) is 0 Å². The van der Waals surface area contributed by atoms with Crippen LogP contribution in [0.1, 0.15) is 11.1 Å². The van der Waals surface area contributed by atoms with Crippen LogP contribution in [0.3, 0.4) is 0 Å². The summed E-state index contributed by atoms with van der Waals surface area (Å²) in [6.45, 7) is 0. The molecule has 0 saturated heterocycles. The van der Waals surface area contributed by atoms with Gasteiger partial charge >= 0.3 is 0 Å². The summed E-state index contributed by atoms with van der Waals surface area (Å²) in [5, 5.41) is 0. The van der Waals surface area contributed by atoms with E-state index < -0.39 is 0 Å². The Kier molecular flexibility index (Phi) is 5.29. The van der Waals surface area contributed by atoms with Crippen LogP contribution in [0.2, 0.25) is 0 Å². The number of hydrogen-bond acceptors (Lipinski definition) is 1. The van der Waals surface area contributed by atoms with Gasteiger partial charge in [-0.25, -0.2) is 0 Å². The summed E-state index contributed by atoms with van der Waals surface area (Å²) in [7, 11) is 0. The molecule has 0 amide bonds. The van der Waals surface area contributed by atoms with E-state index in [1.54, 1.807) is 18.2 Å². The third kappa shape index (κ3) is 4.91. The van der Waals surface area contributed by atoms with Gasteiger partial charge in [0.15, 0.2) is 5.78 Å². The van der Waals surface area contributed by atoms with Gasteiger partial charge in [0.05, 0.1) is 0 Å². The Morgan fingerprint density at radius 1 is 0.650 bits per heavy atom. The third-order valence-corrected chi connectivity index (χ3v) is 2.70. The highest BCUT2D eigenvalue weighted by atomic mass is 16.1. The summed E-state index contributed by atoms with van der Waals surface area (Å²) in [5.41, 5.74) is 2.14. The maximum atomic E-state index is 11.6. The van der Waals surface area contributed by atoms with E-state index in [1.807, 2.05) is 78.9 Å². The van der Waals surface area contributed by atoms with Crippen molar-refractivity contribution < 1.29 is 4.79 Å². The molecule has 0 N–H and O–H groups in total. The molecule has 2 rings (SSSR count). The van der Waals surface area contributed by atoms with Crippen molar-refractivity contribution in [3.05, 3.63) is 96.1 Å². The van der Waals surface area contributed by atoms with Gasteiger partial charge in [-0.3, -0.25) is 4.79 Å². The zero-order valence-corrected chi connectivity index (χ0v) is 11.1. The molecule has 1 nitrogen and oxygen atoms in total. The smallest absolute Gasteiger partial charge is 0.178 e. The first-order valence-corrected chi connectivity index (χ1v) is 6.51. The van der Waals surface area contributed by atoms with Crippen LogP contribution in [-0.4, -0.2) is 5.78 Å². The molecule has 0 aliphatic rings. The lowest BCUT2D eigenvalue weighted by atomic mass is 10.2. The fraction of sp³-hybridized carbons (Fsp3) is 0. The Balaban J connectivity index is 1.87. The Morgan fingerprint density at radius 2 is 1.20 bits per heavy atom. The molecule has 0 radical (unpaired) electrons. The van der Waals surface area contributed by atoms with Crippen molar-refractivity contribution >= 4 is 17.9 Å². The lowest BCUT2D eigenvalue weighted by Gasteiger charge is -1.89. The predicted octanol–water partition coefficient (Wildman–Crippen LogP) is 4.54. The van der Waals surface area contributed by atoms with Crippen molar-refractivity contribution in [3.63, 3.8) is 0 Å². The molecule has 2 aromatic carbocycles. The second-order valence-electron chi connectivity index (χ2n) is 4.28. The molecular formula is C19H16O. The van der Waals surface area contributed by atoms with E-state index in [2.05, 4.69) is 0 Å². The monoisotopic (exact) mass is 260 g/mol. The van der Waals surface area contributed by atoms with Crippen LogP contribution < -0.4 is 0 Å². The molecule has 98 valence electrons. The number of allylic oxidation sites excluding steroid dienone is 4. The second kappa shape index (κ2) is 7.70. The third-order valence-electron chi connectivity index (χ3n) is 2.70. The first-order chi connectivity index (χ1) is 9.84. The predicted molar refractivity (Wildman–Crippen MR) is 85.1 cm³/mol. The minimum Gasteiger partial charge on any atom is -0.290 e. The van der Waals surface area contributed by atoms with E-state index in [9.17, 15) is 4.79 Å². The van der Waals surface area contributed by atoms with Gasteiger partial charge in [-0.15, -0.1) is 0 Å². The van der Waals surface area contributed by atoms with E-state index in [-0.39, 0.29) is 5.78 Å². The molecule has 20 heavy (non-hydrogen) atoms. The molecule has 0 aliphatic heterocycles. The number of rotatable bonds is 5. The maximum Gasteiger partial charge on any atom is 0.178 e. The van der Waals surface area contributed by atoms with Gasteiger partial charge in [-0.2, -0.15) is 0 Å². The Morgan fingerprint density at radius 3 is 1.80 bits per heavy atom. The molecule has 0 aliphatic carbocycles. The van der Waals surface area contributed by atoms with Crippen molar-refractivity contribution in [3.8, 4) is 0 Å². The Labute approximate surface area is 119 Å². The normalized spacial score (nSPS) is 11.6. The second-order valence-corrected chi connectivity index (χ2v) is 4.28. The van der Waals surface area contributed by atoms with Crippen LogP contribution >= 0.6 is 0 Å². The fourth-order valence-electron chi connectivity index (χ4n) is 1.68. The van der Waals surface area contributed by atoms with Gasteiger partial charge in [0.2, 0.25) is 0 Å². The average molecular weight is 260 g/mol. The summed E-state index contributed by atoms with van der Waals surface area (Å²) in [5.74, 6) is -0.0217. The van der Waals surface area contributed by atoms with E-state index in [4.69, 9.17) is 0 Å². The van der Waals surface area contributed by atoms with Crippen molar-refractivity contribution in [1.82, 2.24) is 0 Å². The highest BCUT2D eigenvalue weighted by molar-refractivity contribution is 6.02. The number of benzene rings is 2. The first kappa shape index (κ1) is 13.8.